The van der Waals surface area contributed by atoms with Gasteiger partial charge in [0.1, 0.15) is 11.6 Å². The van der Waals surface area contributed by atoms with Gasteiger partial charge in [0.15, 0.2) is 0 Å². The number of nitrogens with one attached hydrogen (secondary N) is 1. The number of carbonyl (C=O) groups excluding carboxylic acids is 2. The van der Waals surface area contributed by atoms with E-state index in [4.69, 9.17) is 15.2 Å². The van der Waals surface area contributed by atoms with Gasteiger partial charge in [0.05, 0.1) is 6.61 Å². The molecule has 1 aromatic carbocycles. The van der Waals surface area contributed by atoms with Crippen molar-refractivity contribution in [3.05, 3.63) is 36.3 Å². The van der Waals surface area contributed by atoms with Crippen LogP contribution >= 0.6 is 0 Å². The number of ether oxygens (including phenoxy) is 2. The zero-order chi connectivity index (χ0) is 20.7. The summed E-state index contributed by atoms with van der Waals surface area (Å²) in [5, 5.41) is 3.69. The van der Waals surface area contributed by atoms with Gasteiger partial charge in [-0.1, -0.05) is 33.6 Å². The maximum absolute atomic E-state index is 13.4. The molecule has 0 saturated carbocycles. The van der Waals surface area contributed by atoms with Gasteiger partial charge in [-0.25, -0.2) is 19.0 Å². The maximum atomic E-state index is 13.4. The number of hydrogen-bond acceptors (Lipinski definition) is 6. The monoisotopic (exact) mass is 391 g/mol. The van der Waals surface area contributed by atoms with Crippen molar-refractivity contribution in [3.63, 3.8) is 0 Å². The number of carbonyl (C=O) groups is 2. The number of anilines is 1. The Labute approximate surface area is 163 Å². The summed E-state index contributed by atoms with van der Waals surface area (Å²) in [5.74, 6) is -1.58. The topological polar surface area (TPSA) is 104 Å². The van der Waals surface area contributed by atoms with Crippen LogP contribution < -0.4 is 11.1 Å². The van der Waals surface area contributed by atoms with E-state index in [-0.39, 0.29) is 12.4 Å². The molecular weight excluding hydrogens is 365 g/mol. The smallest absolute Gasteiger partial charge is 0.415 e. The third-order valence-corrected chi connectivity index (χ3v) is 4.33. The second kappa shape index (κ2) is 9.45. The van der Waals surface area contributed by atoms with Crippen molar-refractivity contribution < 1.29 is 23.5 Å². The Hall–Kier alpha value is -2.74. The minimum absolute atomic E-state index is 0.144. The van der Waals surface area contributed by atoms with Crippen molar-refractivity contribution in [2.24, 2.45) is 11.7 Å². The van der Waals surface area contributed by atoms with Gasteiger partial charge in [-0.2, -0.15) is 0 Å². The molecule has 0 unspecified atom stereocenters. The largest absolute Gasteiger partial charge is 0.462 e. The number of rotatable bonds is 8. The number of amides is 1. The van der Waals surface area contributed by atoms with Gasteiger partial charge in [0, 0.05) is 17.5 Å². The lowest BCUT2D eigenvalue weighted by molar-refractivity contribution is -0.169. The predicted molar refractivity (Wildman–Crippen MR) is 104 cm³/mol. The lowest BCUT2D eigenvalue weighted by Gasteiger charge is -2.30. The van der Waals surface area contributed by atoms with Crippen LogP contribution in [0, 0.1) is 11.7 Å². The van der Waals surface area contributed by atoms with Crippen LogP contribution in [0.3, 0.4) is 0 Å². The molecule has 28 heavy (non-hydrogen) atoms. The van der Waals surface area contributed by atoms with Gasteiger partial charge in [-0.15, -0.1) is 0 Å². The molecule has 0 aliphatic rings. The van der Waals surface area contributed by atoms with E-state index in [9.17, 15) is 14.0 Å². The highest BCUT2D eigenvalue weighted by atomic mass is 19.1. The molecule has 2 aromatic rings. The fraction of sp³-hybridized carbons (Fsp3) is 0.450. The van der Waals surface area contributed by atoms with Crippen LogP contribution in [0.5, 0.6) is 0 Å². The summed E-state index contributed by atoms with van der Waals surface area (Å²) in [6.45, 7) is 5.54. The molecule has 0 radical (unpaired) electrons. The third kappa shape index (κ3) is 5.39. The van der Waals surface area contributed by atoms with Gasteiger partial charge in [-0.05, 0) is 36.1 Å². The zero-order valence-corrected chi connectivity index (χ0v) is 16.3. The molecule has 152 valence electrons. The van der Waals surface area contributed by atoms with Gasteiger partial charge < -0.3 is 9.47 Å². The third-order valence-electron chi connectivity index (χ3n) is 4.33. The number of benzene rings is 1. The van der Waals surface area contributed by atoms with E-state index in [0.717, 1.165) is 12.8 Å². The summed E-state index contributed by atoms with van der Waals surface area (Å²) in [7, 11) is 0. The van der Waals surface area contributed by atoms with Crippen molar-refractivity contribution in [2.75, 3.05) is 11.9 Å². The Bertz CT molecular complexity index is 843. The molecule has 2 rings (SSSR count). The SMILES string of the molecule is CCCCCOC(=O)[C@@](N)(OC(=O)Nc1cc2cc(F)ccc2cn1)C(C)C. The summed E-state index contributed by atoms with van der Waals surface area (Å²) in [5.41, 5.74) is 4.11. The first-order chi connectivity index (χ1) is 13.3. The van der Waals surface area contributed by atoms with Gasteiger partial charge in [0.25, 0.3) is 5.72 Å². The van der Waals surface area contributed by atoms with Crippen molar-refractivity contribution in [1.29, 1.82) is 0 Å². The molecule has 0 fully saturated rings. The Morgan fingerprint density at radius 2 is 2.00 bits per heavy atom. The quantitative estimate of drug-likeness (QED) is 0.401. The lowest BCUT2D eigenvalue weighted by atomic mass is 10.0. The molecule has 0 bridgehead atoms. The molecule has 1 amide bonds. The molecule has 7 nitrogen and oxygen atoms in total. The molecule has 3 N–H and O–H groups in total. The van der Waals surface area contributed by atoms with E-state index in [2.05, 4.69) is 10.3 Å². The summed E-state index contributed by atoms with van der Waals surface area (Å²) in [6, 6.07) is 5.72. The number of halogens is 1. The van der Waals surface area contributed by atoms with Crippen LogP contribution in [0.4, 0.5) is 15.0 Å². The van der Waals surface area contributed by atoms with Crippen LogP contribution in [-0.2, 0) is 14.3 Å². The first-order valence-electron chi connectivity index (χ1n) is 9.27. The molecule has 0 spiro atoms. The maximum Gasteiger partial charge on any atom is 0.415 e. The van der Waals surface area contributed by atoms with Crippen LogP contribution in [-0.4, -0.2) is 29.4 Å². The van der Waals surface area contributed by atoms with E-state index >= 15 is 0 Å². The lowest BCUT2D eigenvalue weighted by Crippen LogP contribution is -2.57. The van der Waals surface area contributed by atoms with Crippen LogP contribution in [0.25, 0.3) is 10.8 Å². The molecule has 0 aliphatic heterocycles. The molecule has 0 saturated heterocycles. The second-order valence-corrected chi connectivity index (χ2v) is 6.87. The second-order valence-electron chi connectivity index (χ2n) is 6.87. The Balaban J connectivity index is 2.06. The number of fused-ring (bicyclic) bond motifs is 1. The van der Waals surface area contributed by atoms with E-state index < -0.39 is 29.5 Å². The van der Waals surface area contributed by atoms with Crippen LogP contribution in [0.1, 0.15) is 40.0 Å². The fourth-order valence-corrected chi connectivity index (χ4v) is 2.49. The molecule has 0 aliphatic carbocycles. The van der Waals surface area contributed by atoms with E-state index in [1.165, 1.54) is 24.4 Å². The summed E-state index contributed by atoms with van der Waals surface area (Å²) >= 11 is 0. The molecule has 1 aromatic heterocycles. The average Bonchev–Trinajstić information content (AvgIpc) is 2.64. The minimum atomic E-state index is -1.93. The van der Waals surface area contributed by atoms with Gasteiger partial charge >= 0.3 is 12.1 Å². The number of esters is 1. The highest BCUT2D eigenvalue weighted by molar-refractivity contribution is 5.91. The average molecular weight is 391 g/mol. The van der Waals surface area contributed by atoms with E-state index in [1.807, 2.05) is 6.92 Å². The van der Waals surface area contributed by atoms with E-state index in [1.54, 1.807) is 19.9 Å². The number of unbranched alkanes of at least 4 members (excludes halogenated alkanes) is 2. The Morgan fingerprint density at radius 1 is 1.25 bits per heavy atom. The van der Waals surface area contributed by atoms with Crippen LogP contribution in [0.2, 0.25) is 0 Å². The highest BCUT2D eigenvalue weighted by Crippen LogP contribution is 2.21. The summed E-state index contributed by atoms with van der Waals surface area (Å²) in [6.07, 6.45) is 3.15. The van der Waals surface area contributed by atoms with E-state index in [0.29, 0.717) is 17.2 Å². The van der Waals surface area contributed by atoms with Gasteiger partial charge in [-0.3, -0.25) is 11.1 Å². The predicted octanol–water partition coefficient (Wildman–Crippen LogP) is 3.97. The molecular formula is C20H26FN3O4. The minimum Gasteiger partial charge on any atom is -0.462 e. The zero-order valence-electron chi connectivity index (χ0n) is 16.3. The standard InChI is InChI=1S/C20H26FN3O4/c1-4-5-6-9-27-18(25)20(22,13(2)3)28-19(26)24-17-11-15-10-16(21)8-7-14(15)12-23-17/h7-8,10-13H,4-6,9,22H2,1-3H3,(H,23,24,26)/t20-/m0/s1. The number of nitrogens with zero attached hydrogens (tertiary/aromatic N) is 1. The molecule has 1 atom stereocenters. The number of hydrogen-bond donors (Lipinski definition) is 2. The Kier molecular flexibility index (Phi) is 7.28. The number of nitrogens with two attached hydrogens (primary N) is 1. The van der Waals surface area contributed by atoms with Crippen molar-refractivity contribution in [2.45, 2.75) is 45.8 Å². The van der Waals surface area contributed by atoms with Crippen molar-refractivity contribution in [1.82, 2.24) is 4.98 Å². The first-order valence-corrected chi connectivity index (χ1v) is 9.27. The molecule has 1 heterocycles. The van der Waals surface area contributed by atoms with Gasteiger partial charge in [0.2, 0.25) is 0 Å². The first kappa shape index (κ1) is 21.6. The normalized spacial score (nSPS) is 13.2. The molecule has 8 heteroatoms. The number of aromatic nitrogens is 1. The Morgan fingerprint density at radius 3 is 2.68 bits per heavy atom. The number of pyridine rings is 1. The van der Waals surface area contributed by atoms with Crippen molar-refractivity contribution >= 4 is 28.7 Å². The fourth-order valence-electron chi connectivity index (χ4n) is 2.49. The van der Waals surface area contributed by atoms with Crippen molar-refractivity contribution in [3.8, 4) is 0 Å². The summed E-state index contributed by atoms with van der Waals surface area (Å²) < 4.78 is 23.7. The highest BCUT2D eigenvalue weighted by Gasteiger charge is 2.43. The summed E-state index contributed by atoms with van der Waals surface area (Å²) in [4.78, 5) is 28.7. The van der Waals surface area contributed by atoms with Crippen LogP contribution in [0.15, 0.2) is 30.5 Å².